The molecule has 0 saturated carbocycles. The zero-order chi connectivity index (χ0) is 5.58. The molecule has 0 aromatic carbocycles. The van der Waals surface area contributed by atoms with E-state index in [4.69, 9.17) is 14.1 Å². The van der Waals surface area contributed by atoms with E-state index in [1.807, 2.05) is 0 Å². The molecule has 0 aliphatic heterocycles. The Bertz CT molecular complexity index is 37.9. The van der Waals surface area contributed by atoms with Crippen LogP contribution >= 0.6 is 0 Å². The molecule has 40 valence electrons. The van der Waals surface area contributed by atoms with Gasteiger partial charge in [-0.15, -0.1) is 0 Å². The van der Waals surface area contributed by atoms with Gasteiger partial charge in [-0.05, 0) is 0 Å². The molecule has 0 fully saturated rings. The van der Waals surface area contributed by atoms with Crippen molar-refractivity contribution in [3.05, 3.63) is 0 Å². The van der Waals surface area contributed by atoms with Gasteiger partial charge in [0, 0.05) is 0 Å². The van der Waals surface area contributed by atoms with E-state index in [1.165, 1.54) is 0 Å². The maximum absolute atomic E-state index is 9.64. The number of hydrogen-bond acceptors (Lipinski definition) is 1. The van der Waals surface area contributed by atoms with Crippen molar-refractivity contribution in [2.45, 2.75) is 0 Å². The van der Waals surface area contributed by atoms with Crippen molar-refractivity contribution in [1.29, 1.82) is 0 Å². The van der Waals surface area contributed by atoms with Crippen LogP contribution in [0.15, 0.2) is 0 Å². The molecule has 0 aliphatic rings. The summed E-state index contributed by atoms with van der Waals surface area (Å²) in [4.78, 5) is 14.3. The first-order valence-electron chi connectivity index (χ1n) is 1.03. The summed E-state index contributed by atoms with van der Waals surface area (Å²) in [6, 6.07) is 0. The third-order valence-corrected chi connectivity index (χ3v) is 0. The van der Waals surface area contributed by atoms with Crippen molar-refractivity contribution >= 4 is 63.7 Å². The van der Waals surface area contributed by atoms with Gasteiger partial charge in [0.05, 0.1) is 0 Å². The zero-order valence-corrected chi connectivity index (χ0v) is 6.18. The monoisotopic (exact) mass is 168 g/mol. The van der Waals surface area contributed by atoms with Crippen LogP contribution in [0.5, 0.6) is 0 Å². The fourth-order valence-corrected chi connectivity index (χ4v) is 0. The summed E-state index contributed by atoms with van der Waals surface area (Å²) in [5.41, 5.74) is 0. The molecular formula is H6AlCaFO3Si. The van der Waals surface area contributed by atoms with E-state index in [1.54, 1.807) is 0 Å². The molecule has 2 N–H and O–H groups in total. The molecular weight excluding hydrogens is 162 g/mol. The maximum Gasteiger partial charge on any atom is 0.472 e. The van der Waals surface area contributed by atoms with Gasteiger partial charge in [-0.25, -0.2) is 0 Å². The topological polar surface area (TPSA) is 57.5 Å². The minimum atomic E-state index is -3.13. The van der Waals surface area contributed by atoms with E-state index in [2.05, 4.69) is 0 Å². The van der Waals surface area contributed by atoms with Crippen molar-refractivity contribution in [3.63, 3.8) is 0 Å². The minimum Gasteiger partial charge on any atom is -0.430 e. The molecule has 7 heteroatoms. The predicted octanol–water partition coefficient (Wildman–Crippen LogP) is -3.03. The van der Waals surface area contributed by atoms with Gasteiger partial charge in [0.1, 0.15) is 0 Å². The first-order chi connectivity index (χ1) is 2.73. The fourth-order valence-electron chi connectivity index (χ4n) is 0. The molecule has 3 nitrogen and oxygen atoms in total. The van der Waals surface area contributed by atoms with E-state index < -0.39 is 9.17 Å². The summed E-state index contributed by atoms with van der Waals surface area (Å²) in [6.45, 7) is 0. The fraction of sp³-hybridized carbons (Fsp3) is 0. The van der Waals surface area contributed by atoms with Crippen LogP contribution in [0, 0.1) is 0 Å². The third-order valence-electron chi connectivity index (χ3n) is 0. The summed E-state index contributed by atoms with van der Waals surface area (Å²) in [5, 5.41) is 0. The molecule has 0 spiro atoms. The Morgan fingerprint density at radius 3 is 1.43 bits per heavy atom. The molecule has 0 amide bonds. The zero-order valence-electron chi connectivity index (χ0n) is 3.18. The molecule has 0 bridgehead atoms. The van der Waals surface area contributed by atoms with Gasteiger partial charge in [-0.1, -0.05) is 0 Å². The summed E-state index contributed by atoms with van der Waals surface area (Å²) in [6.07, 6.45) is 0. The second-order valence-electron chi connectivity index (χ2n) is 0.283. The second-order valence-corrected chi connectivity index (χ2v) is 0.848. The Morgan fingerprint density at radius 2 is 1.43 bits per heavy atom. The SMILES string of the molecule is O=[Si](O)O.[CaH2].[F][AlH2]. The molecule has 7 heavy (non-hydrogen) atoms. The molecule has 0 aromatic heterocycles. The van der Waals surface area contributed by atoms with Crippen LogP contribution in [0.25, 0.3) is 0 Å². The standard InChI is InChI=1S/Al.Ca.FH.H2O3Si.4H/c;;;1-4(2)3;;;;/h;;1H;1-2H;;;;/q+1;;;;;;;/p-1. The molecule has 0 atom stereocenters. The van der Waals surface area contributed by atoms with Crippen LogP contribution in [0.3, 0.4) is 0 Å². The Morgan fingerprint density at radius 1 is 1.43 bits per heavy atom. The Balaban J connectivity index is -0.0000000480. The first-order valence-corrected chi connectivity index (χ1v) is 3.09. The van der Waals surface area contributed by atoms with Crippen molar-refractivity contribution in [1.82, 2.24) is 0 Å². The van der Waals surface area contributed by atoms with Gasteiger partial charge in [0.2, 0.25) is 0 Å². The smallest absolute Gasteiger partial charge is 0.430 e. The van der Waals surface area contributed by atoms with Gasteiger partial charge in [-0.3, -0.25) is 4.46 Å². The van der Waals surface area contributed by atoms with Crippen molar-refractivity contribution < 1.29 is 17.6 Å². The van der Waals surface area contributed by atoms with Gasteiger partial charge < -0.3 is 13.1 Å². The Hall–Kier alpha value is 1.34. The Labute approximate surface area is 80.3 Å². The van der Waals surface area contributed by atoms with Crippen LogP contribution in [0.1, 0.15) is 0 Å². The quantitative estimate of drug-likeness (QED) is 0.378. The van der Waals surface area contributed by atoms with Crippen LogP contribution in [0.2, 0.25) is 0 Å². The van der Waals surface area contributed by atoms with Crippen LogP contribution in [-0.4, -0.2) is 73.2 Å². The molecule has 0 heterocycles. The molecule has 0 aromatic rings. The van der Waals surface area contributed by atoms with E-state index in [-0.39, 0.29) is 54.5 Å². The summed E-state index contributed by atoms with van der Waals surface area (Å²) in [7, 11) is -3.13. The van der Waals surface area contributed by atoms with E-state index in [0.29, 0.717) is 0 Å². The van der Waals surface area contributed by atoms with E-state index in [9.17, 15) is 3.52 Å². The number of halogens is 1. The minimum absolute atomic E-state index is 0. The first kappa shape index (κ1) is 15.8. The summed E-state index contributed by atoms with van der Waals surface area (Å²) >= 11 is -0.194. The molecule has 0 aliphatic carbocycles. The van der Waals surface area contributed by atoms with Crippen LogP contribution in [0.4, 0.5) is 3.52 Å². The average molecular weight is 168 g/mol. The van der Waals surface area contributed by atoms with Gasteiger partial charge in [0.25, 0.3) is 0 Å². The van der Waals surface area contributed by atoms with Crippen LogP contribution < -0.4 is 0 Å². The molecule has 0 unspecified atom stereocenters. The van der Waals surface area contributed by atoms with Crippen molar-refractivity contribution in [2.75, 3.05) is 0 Å². The van der Waals surface area contributed by atoms with Crippen molar-refractivity contribution in [3.8, 4) is 0 Å². The number of rotatable bonds is 0. The molecule has 0 radical (unpaired) electrons. The second kappa shape index (κ2) is 15.7. The molecule has 0 saturated heterocycles. The van der Waals surface area contributed by atoms with Gasteiger partial charge in [0.15, 0.2) is 0 Å². The Kier molecular flexibility index (Phi) is 35.3. The van der Waals surface area contributed by atoms with E-state index in [0.717, 1.165) is 0 Å². The van der Waals surface area contributed by atoms with Gasteiger partial charge in [-0.2, -0.15) is 0 Å². The maximum atomic E-state index is 9.64. The average Bonchev–Trinajstić information content (AvgIpc) is 1.41. The van der Waals surface area contributed by atoms with Crippen molar-refractivity contribution in [2.24, 2.45) is 0 Å². The van der Waals surface area contributed by atoms with E-state index >= 15 is 0 Å². The molecule has 0 rings (SSSR count). The normalized spacial score (nSPS) is 4.14. The number of hydrogen-bond donors (Lipinski definition) is 2. The largest absolute Gasteiger partial charge is 0.472 e. The van der Waals surface area contributed by atoms with Crippen LogP contribution in [-0.2, 0) is 4.46 Å². The third kappa shape index (κ3) is 117. The predicted molar refractivity (Wildman–Crippen MR) is 29.1 cm³/mol. The summed E-state index contributed by atoms with van der Waals surface area (Å²) < 4.78 is 18.4. The van der Waals surface area contributed by atoms with Gasteiger partial charge >= 0.3 is 63.7 Å². The summed E-state index contributed by atoms with van der Waals surface area (Å²) in [5.74, 6) is 0.